The molecule has 2 nitrogen and oxygen atoms in total. The summed E-state index contributed by atoms with van der Waals surface area (Å²) >= 11 is 5.70. The first-order valence-electron chi connectivity index (χ1n) is 5.21. The highest BCUT2D eigenvalue weighted by atomic mass is 35.5. The molecular weight excluding hydrogens is 227 g/mol. The van der Waals surface area contributed by atoms with E-state index in [9.17, 15) is 4.39 Å². The van der Waals surface area contributed by atoms with Crippen LogP contribution >= 0.6 is 11.6 Å². The minimum atomic E-state index is -0.362. The number of hydrogen-bond donors (Lipinski definition) is 0. The average Bonchev–Trinajstić information content (AvgIpc) is 2.30. The fraction of sp³-hybridized carbons (Fsp3) is 0.417. The van der Waals surface area contributed by atoms with Crippen molar-refractivity contribution >= 4 is 11.6 Å². The summed E-state index contributed by atoms with van der Waals surface area (Å²) in [4.78, 5) is 2.01. The molecule has 0 atom stereocenters. The van der Waals surface area contributed by atoms with Crippen LogP contribution in [0, 0.1) is 17.1 Å². The molecule has 0 saturated carbocycles. The zero-order valence-corrected chi connectivity index (χ0v) is 9.97. The minimum Gasteiger partial charge on any atom is -0.298 e. The smallest absolute Gasteiger partial charge is 0.146 e. The second kappa shape index (κ2) is 6.47. The monoisotopic (exact) mass is 240 g/mol. The van der Waals surface area contributed by atoms with Crippen molar-refractivity contribution in [2.75, 3.05) is 13.1 Å². The molecule has 0 bridgehead atoms. The van der Waals surface area contributed by atoms with Crippen molar-refractivity contribution < 1.29 is 4.39 Å². The van der Waals surface area contributed by atoms with Crippen LogP contribution in [0.4, 0.5) is 4.39 Å². The topological polar surface area (TPSA) is 27.0 Å². The Hall–Kier alpha value is -1.11. The lowest BCUT2D eigenvalue weighted by Gasteiger charge is -2.19. The quantitative estimate of drug-likeness (QED) is 0.790. The van der Waals surface area contributed by atoms with E-state index in [0.717, 1.165) is 6.54 Å². The van der Waals surface area contributed by atoms with Crippen LogP contribution in [0.3, 0.4) is 0 Å². The SMILES string of the molecule is CCN(CCC#N)Cc1cccc(Cl)c1F. The van der Waals surface area contributed by atoms with Gasteiger partial charge in [0.25, 0.3) is 0 Å². The Morgan fingerprint density at radius 3 is 2.88 bits per heavy atom. The maximum Gasteiger partial charge on any atom is 0.146 e. The Labute approximate surface area is 100 Å². The second-order valence-corrected chi connectivity index (χ2v) is 3.90. The summed E-state index contributed by atoms with van der Waals surface area (Å²) in [5, 5.41) is 8.65. The lowest BCUT2D eigenvalue weighted by Crippen LogP contribution is -2.24. The van der Waals surface area contributed by atoms with Gasteiger partial charge in [-0.3, -0.25) is 4.90 Å². The van der Waals surface area contributed by atoms with Crippen LogP contribution in [0.1, 0.15) is 18.9 Å². The molecule has 0 N–H and O–H groups in total. The molecule has 0 saturated heterocycles. The van der Waals surface area contributed by atoms with Crippen molar-refractivity contribution in [2.45, 2.75) is 19.9 Å². The lowest BCUT2D eigenvalue weighted by molar-refractivity contribution is 0.282. The predicted octanol–water partition coefficient (Wildman–Crippen LogP) is 3.21. The van der Waals surface area contributed by atoms with Crippen molar-refractivity contribution in [1.29, 1.82) is 5.26 Å². The van der Waals surface area contributed by atoms with Crippen LogP contribution in [0.2, 0.25) is 5.02 Å². The Balaban J connectivity index is 2.71. The molecule has 0 fully saturated rings. The molecule has 0 aliphatic rings. The maximum absolute atomic E-state index is 13.6. The van der Waals surface area contributed by atoms with Crippen molar-refractivity contribution in [1.82, 2.24) is 4.90 Å². The third kappa shape index (κ3) is 3.48. The molecule has 0 aromatic heterocycles. The zero-order valence-electron chi connectivity index (χ0n) is 9.21. The summed E-state index contributed by atoms with van der Waals surface area (Å²) in [7, 11) is 0. The normalized spacial score (nSPS) is 10.4. The highest BCUT2D eigenvalue weighted by Crippen LogP contribution is 2.19. The van der Waals surface area contributed by atoms with Gasteiger partial charge in [0.1, 0.15) is 5.82 Å². The van der Waals surface area contributed by atoms with E-state index in [1.54, 1.807) is 12.1 Å². The Kier molecular flexibility index (Phi) is 5.24. The van der Waals surface area contributed by atoms with Gasteiger partial charge in [-0.25, -0.2) is 4.39 Å². The van der Waals surface area contributed by atoms with E-state index < -0.39 is 0 Å². The molecule has 1 aromatic rings. The van der Waals surface area contributed by atoms with Gasteiger partial charge in [0.05, 0.1) is 11.1 Å². The van der Waals surface area contributed by atoms with E-state index >= 15 is 0 Å². The zero-order chi connectivity index (χ0) is 12.0. The van der Waals surface area contributed by atoms with Gasteiger partial charge in [0.2, 0.25) is 0 Å². The van der Waals surface area contributed by atoms with Gasteiger partial charge in [-0.2, -0.15) is 5.26 Å². The van der Waals surface area contributed by atoms with E-state index in [2.05, 4.69) is 6.07 Å². The van der Waals surface area contributed by atoms with Crippen LogP contribution < -0.4 is 0 Å². The first kappa shape index (κ1) is 13.0. The number of rotatable bonds is 5. The first-order valence-corrected chi connectivity index (χ1v) is 5.59. The number of benzene rings is 1. The third-order valence-corrected chi connectivity index (χ3v) is 2.70. The summed E-state index contributed by atoms with van der Waals surface area (Å²) in [5.74, 6) is -0.362. The van der Waals surface area contributed by atoms with E-state index in [-0.39, 0.29) is 10.8 Å². The fourth-order valence-electron chi connectivity index (χ4n) is 1.47. The molecule has 16 heavy (non-hydrogen) atoms. The van der Waals surface area contributed by atoms with Gasteiger partial charge in [-0.05, 0) is 12.6 Å². The summed E-state index contributed by atoms with van der Waals surface area (Å²) in [6.45, 7) is 3.91. The van der Waals surface area contributed by atoms with Gasteiger partial charge in [-0.1, -0.05) is 30.7 Å². The molecule has 0 aliphatic carbocycles. The molecular formula is C12H14ClFN2. The van der Waals surface area contributed by atoms with Gasteiger partial charge in [-0.15, -0.1) is 0 Å². The highest BCUT2D eigenvalue weighted by Gasteiger charge is 2.09. The van der Waals surface area contributed by atoms with E-state index in [1.807, 2.05) is 11.8 Å². The second-order valence-electron chi connectivity index (χ2n) is 3.49. The van der Waals surface area contributed by atoms with Crippen LogP contribution in [-0.2, 0) is 6.54 Å². The van der Waals surface area contributed by atoms with Crippen LogP contribution in [0.15, 0.2) is 18.2 Å². The Bertz CT molecular complexity index is 387. The third-order valence-electron chi connectivity index (χ3n) is 2.41. The molecule has 0 aliphatic heterocycles. The molecule has 0 amide bonds. The van der Waals surface area contributed by atoms with Crippen LogP contribution in [-0.4, -0.2) is 18.0 Å². The van der Waals surface area contributed by atoms with E-state index in [4.69, 9.17) is 16.9 Å². The molecule has 4 heteroatoms. The largest absolute Gasteiger partial charge is 0.298 e. The first-order chi connectivity index (χ1) is 7.69. The maximum atomic E-state index is 13.6. The van der Waals surface area contributed by atoms with Crippen LogP contribution in [0.5, 0.6) is 0 Å². The summed E-state index contributed by atoms with van der Waals surface area (Å²) in [5.41, 5.74) is 0.576. The van der Waals surface area contributed by atoms with Crippen molar-refractivity contribution in [3.63, 3.8) is 0 Å². The predicted molar refractivity (Wildman–Crippen MR) is 62.6 cm³/mol. The number of hydrogen-bond acceptors (Lipinski definition) is 2. The fourth-order valence-corrected chi connectivity index (χ4v) is 1.66. The minimum absolute atomic E-state index is 0.147. The van der Waals surface area contributed by atoms with Crippen molar-refractivity contribution in [2.24, 2.45) is 0 Å². The van der Waals surface area contributed by atoms with E-state index in [0.29, 0.717) is 25.1 Å². The molecule has 86 valence electrons. The molecule has 0 heterocycles. The number of nitrogens with zero attached hydrogens (tertiary/aromatic N) is 2. The Morgan fingerprint density at radius 2 is 2.25 bits per heavy atom. The van der Waals surface area contributed by atoms with Crippen molar-refractivity contribution in [3.05, 3.63) is 34.6 Å². The van der Waals surface area contributed by atoms with Gasteiger partial charge >= 0.3 is 0 Å². The van der Waals surface area contributed by atoms with Crippen molar-refractivity contribution in [3.8, 4) is 6.07 Å². The number of nitriles is 1. The molecule has 1 rings (SSSR count). The molecule has 0 radical (unpaired) electrons. The number of halogens is 2. The summed E-state index contributed by atoms with van der Waals surface area (Å²) in [6, 6.07) is 7.07. The lowest BCUT2D eigenvalue weighted by atomic mass is 10.2. The Morgan fingerprint density at radius 1 is 1.50 bits per heavy atom. The standard InChI is InChI=1S/C12H14ClFN2/c1-2-16(8-4-7-15)9-10-5-3-6-11(13)12(10)14/h3,5-6H,2,4,8-9H2,1H3. The van der Waals surface area contributed by atoms with Gasteiger partial charge in [0, 0.05) is 25.1 Å². The van der Waals surface area contributed by atoms with Gasteiger partial charge in [0.15, 0.2) is 0 Å². The summed E-state index contributed by atoms with van der Waals surface area (Å²) in [6.07, 6.45) is 0.454. The van der Waals surface area contributed by atoms with E-state index in [1.165, 1.54) is 6.07 Å². The summed E-state index contributed by atoms with van der Waals surface area (Å²) < 4.78 is 13.6. The molecule has 0 unspecified atom stereocenters. The highest BCUT2D eigenvalue weighted by molar-refractivity contribution is 6.30. The average molecular weight is 241 g/mol. The molecule has 0 spiro atoms. The molecule has 1 aromatic carbocycles. The van der Waals surface area contributed by atoms with Gasteiger partial charge < -0.3 is 0 Å². The van der Waals surface area contributed by atoms with Crippen LogP contribution in [0.25, 0.3) is 0 Å².